The van der Waals surface area contributed by atoms with Crippen molar-refractivity contribution < 1.29 is 4.39 Å². The van der Waals surface area contributed by atoms with Crippen LogP contribution >= 0.6 is 0 Å². The lowest BCUT2D eigenvalue weighted by atomic mass is 9.97. The van der Waals surface area contributed by atoms with Gasteiger partial charge in [0.1, 0.15) is 17.0 Å². The fraction of sp³-hybridized carbons (Fsp3) is 0.241. The van der Waals surface area contributed by atoms with Crippen molar-refractivity contribution in [1.29, 1.82) is 0 Å². The van der Waals surface area contributed by atoms with Gasteiger partial charge >= 0.3 is 0 Å². The molecule has 0 saturated heterocycles. The molecule has 5 aromatic rings. The van der Waals surface area contributed by atoms with Crippen molar-refractivity contribution in [2.75, 3.05) is 33.7 Å². The number of H-pyrrole nitrogens is 2. The lowest BCUT2D eigenvalue weighted by molar-refractivity contribution is 0.376. The maximum atomic E-state index is 14.7. The van der Waals surface area contributed by atoms with Gasteiger partial charge in [-0.2, -0.15) is 5.10 Å². The molecule has 4 heterocycles. The van der Waals surface area contributed by atoms with E-state index in [1.54, 1.807) is 6.07 Å². The van der Waals surface area contributed by atoms with Crippen molar-refractivity contribution in [3.05, 3.63) is 77.7 Å². The summed E-state index contributed by atoms with van der Waals surface area (Å²) in [5.74, 6) is -0.295. The predicted octanol–water partition coefficient (Wildman–Crippen LogP) is 4.85. The zero-order valence-electron chi connectivity index (χ0n) is 21.0. The fourth-order valence-electron chi connectivity index (χ4n) is 5.14. The molecule has 0 amide bonds. The van der Waals surface area contributed by atoms with Gasteiger partial charge in [0.05, 0.1) is 16.9 Å². The first kappa shape index (κ1) is 23.5. The van der Waals surface area contributed by atoms with E-state index in [9.17, 15) is 4.39 Å². The first-order valence-electron chi connectivity index (χ1n) is 12.5. The van der Waals surface area contributed by atoms with E-state index in [2.05, 4.69) is 32.6 Å². The number of aromatic amines is 2. The van der Waals surface area contributed by atoms with E-state index in [1.807, 2.05) is 55.4 Å². The van der Waals surface area contributed by atoms with Crippen LogP contribution in [0.2, 0.25) is 0 Å². The van der Waals surface area contributed by atoms with Crippen molar-refractivity contribution in [1.82, 2.24) is 30.4 Å². The van der Waals surface area contributed by atoms with Crippen LogP contribution in [0.3, 0.4) is 0 Å². The van der Waals surface area contributed by atoms with Gasteiger partial charge in [-0.1, -0.05) is 18.2 Å². The number of hydrogen-bond donors (Lipinski definition) is 4. The Kier molecular flexibility index (Phi) is 6.08. The van der Waals surface area contributed by atoms with Gasteiger partial charge in [-0.15, -0.1) is 0 Å². The molecule has 0 spiro atoms. The molecule has 1 aliphatic rings. The Morgan fingerprint density at radius 2 is 1.97 bits per heavy atom. The molecule has 0 radical (unpaired) electrons. The lowest BCUT2D eigenvalue weighted by Crippen LogP contribution is -2.26. The average Bonchev–Trinajstić information content (AvgIpc) is 3.52. The molecule has 2 aromatic carbocycles. The summed E-state index contributed by atoms with van der Waals surface area (Å²) in [7, 11) is 3.92. The van der Waals surface area contributed by atoms with Gasteiger partial charge in [-0.3, -0.25) is 5.10 Å². The van der Waals surface area contributed by atoms with Crippen LogP contribution in [-0.4, -0.2) is 58.8 Å². The number of rotatable bonds is 6. The minimum Gasteiger partial charge on any atom is -0.353 e. The summed E-state index contributed by atoms with van der Waals surface area (Å²) in [6.45, 7) is 2.45. The summed E-state index contributed by atoms with van der Waals surface area (Å²) in [6.07, 6.45) is 3.15. The summed E-state index contributed by atoms with van der Waals surface area (Å²) >= 11 is 0. The molecule has 3 aromatic heterocycles. The second-order valence-corrected chi connectivity index (χ2v) is 9.94. The number of fused-ring (bicyclic) bond motifs is 2. The first-order valence-corrected chi connectivity index (χ1v) is 12.5. The Morgan fingerprint density at radius 1 is 1.08 bits per heavy atom. The second-order valence-electron chi connectivity index (χ2n) is 9.94. The molecule has 37 heavy (non-hydrogen) atoms. The smallest absolute Gasteiger partial charge is 0.135 e. The quantitative estimate of drug-likeness (QED) is 0.270. The molecule has 188 valence electrons. The van der Waals surface area contributed by atoms with Crippen molar-refractivity contribution in [2.24, 2.45) is 5.73 Å². The first-order chi connectivity index (χ1) is 18.0. The number of aromatic nitrogens is 4. The van der Waals surface area contributed by atoms with Gasteiger partial charge in [-0.05, 0) is 91.8 Å². The van der Waals surface area contributed by atoms with Gasteiger partial charge in [0, 0.05) is 30.0 Å². The average molecular weight is 496 g/mol. The van der Waals surface area contributed by atoms with E-state index in [0.29, 0.717) is 6.54 Å². The van der Waals surface area contributed by atoms with E-state index in [1.165, 1.54) is 11.6 Å². The molecule has 1 aliphatic heterocycles. The van der Waals surface area contributed by atoms with Crippen LogP contribution in [0.5, 0.6) is 0 Å². The number of pyridine rings is 1. The number of benzene rings is 2. The molecule has 5 N–H and O–H groups in total. The zero-order chi connectivity index (χ0) is 25.5. The van der Waals surface area contributed by atoms with Crippen LogP contribution in [0.4, 0.5) is 4.39 Å². The molecule has 0 bridgehead atoms. The molecule has 0 fully saturated rings. The number of likely N-dealkylation sites (N-methyl/N-ethyl adjacent to an activating group) is 1. The number of halogens is 1. The largest absolute Gasteiger partial charge is 0.353 e. The minimum absolute atomic E-state index is 0.281. The van der Waals surface area contributed by atoms with Crippen molar-refractivity contribution in [3.8, 4) is 22.5 Å². The highest BCUT2D eigenvalue weighted by Gasteiger charge is 2.17. The van der Waals surface area contributed by atoms with Crippen LogP contribution in [-0.2, 0) is 0 Å². The molecule has 1 unspecified atom stereocenters. The molecular formula is C29H30FN7. The Hall–Kier alpha value is -3.85. The lowest BCUT2D eigenvalue weighted by Gasteiger charge is -2.18. The number of nitrogens with two attached hydrogens (primary N) is 1. The van der Waals surface area contributed by atoms with Crippen molar-refractivity contribution >= 4 is 27.5 Å². The number of nitrogens with one attached hydrogen (secondary N) is 3. The maximum absolute atomic E-state index is 14.7. The molecular weight excluding hydrogens is 465 g/mol. The van der Waals surface area contributed by atoms with E-state index in [4.69, 9.17) is 10.7 Å². The number of nitrogens with zero attached hydrogens (tertiary/aromatic N) is 3. The topological polar surface area (TPSA) is 98.6 Å². The molecule has 6 rings (SSSR count). The van der Waals surface area contributed by atoms with Gasteiger partial charge in [0.25, 0.3) is 0 Å². The Bertz CT molecular complexity index is 1630. The highest BCUT2D eigenvalue weighted by atomic mass is 19.1. The second kappa shape index (κ2) is 9.55. The third-order valence-corrected chi connectivity index (χ3v) is 6.94. The predicted molar refractivity (Wildman–Crippen MR) is 148 cm³/mol. The van der Waals surface area contributed by atoms with Gasteiger partial charge in [-0.25, -0.2) is 9.37 Å². The number of hydrogen-bond acceptors (Lipinski definition) is 5. The maximum Gasteiger partial charge on any atom is 0.135 e. The monoisotopic (exact) mass is 495 g/mol. The highest BCUT2D eigenvalue weighted by molar-refractivity contribution is 6.00. The van der Waals surface area contributed by atoms with Crippen LogP contribution in [0.25, 0.3) is 50.0 Å². The van der Waals surface area contributed by atoms with Crippen LogP contribution in [0.15, 0.2) is 60.7 Å². The normalized spacial score (nSPS) is 15.0. The van der Waals surface area contributed by atoms with E-state index in [-0.39, 0.29) is 11.9 Å². The third-order valence-electron chi connectivity index (χ3n) is 6.94. The summed E-state index contributed by atoms with van der Waals surface area (Å²) in [6, 6.07) is 17.0. The molecule has 8 heteroatoms. The van der Waals surface area contributed by atoms with Gasteiger partial charge in [0.15, 0.2) is 0 Å². The van der Waals surface area contributed by atoms with Crippen molar-refractivity contribution in [2.45, 2.75) is 12.5 Å². The molecule has 7 nitrogen and oxygen atoms in total. The Morgan fingerprint density at radius 3 is 2.78 bits per heavy atom. The summed E-state index contributed by atoms with van der Waals surface area (Å²) in [5, 5.41) is 12.1. The minimum atomic E-state index is -0.295. The van der Waals surface area contributed by atoms with E-state index < -0.39 is 0 Å². The standard InChI is InChI=1S/C29H30FN7/c1-37(2)16-23(31)19-12-18(13-20(30)14-19)21-4-3-5-25-22(21)15-27(33-25)29-28-26(35-36-29)7-6-24(34-28)17-8-10-32-11-9-17/h3-8,12-15,23,32-33H,9-11,16,31H2,1-2H3,(H,35,36). The SMILES string of the molecule is CN(C)CC(N)c1cc(F)cc(-c2cccc3[nH]c(-c4n[nH]c5ccc(C6=CCNCC6)nc45)cc23)c1. The Balaban J connectivity index is 1.43. The van der Waals surface area contributed by atoms with E-state index >= 15 is 0 Å². The summed E-state index contributed by atoms with van der Waals surface area (Å²) < 4.78 is 14.7. The molecule has 1 atom stereocenters. The van der Waals surface area contributed by atoms with Gasteiger partial charge in [0.2, 0.25) is 0 Å². The third kappa shape index (κ3) is 4.55. The zero-order valence-corrected chi connectivity index (χ0v) is 21.0. The summed E-state index contributed by atoms with van der Waals surface area (Å²) in [4.78, 5) is 10.5. The van der Waals surface area contributed by atoms with Gasteiger partial charge < -0.3 is 20.9 Å². The molecule has 0 aliphatic carbocycles. The summed E-state index contributed by atoms with van der Waals surface area (Å²) in [5.41, 5.74) is 15.4. The van der Waals surface area contributed by atoms with Crippen molar-refractivity contribution in [3.63, 3.8) is 0 Å². The fourth-order valence-corrected chi connectivity index (χ4v) is 5.14. The molecule has 0 saturated carbocycles. The van der Waals surface area contributed by atoms with Crippen LogP contribution in [0.1, 0.15) is 23.7 Å². The van der Waals surface area contributed by atoms with E-state index in [0.717, 1.165) is 75.2 Å². The highest BCUT2D eigenvalue weighted by Crippen LogP contribution is 2.35. The van der Waals surface area contributed by atoms with Crippen LogP contribution in [0, 0.1) is 5.82 Å². The van der Waals surface area contributed by atoms with Crippen LogP contribution < -0.4 is 11.1 Å². The Labute approximate surface area is 214 Å².